The van der Waals surface area contributed by atoms with E-state index in [1.165, 1.54) is 5.06 Å². The van der Waals surface area contributed by atoms with Crippen LogP contribution >= 0.6 is 11.8 Å². The maximum atomic E-state index is 11.6. The quantitative estimate of drug-likeness (QED) is 0.742. The van der Waals surface area contributed by atoms with Crippen molar-refractivity contribution in [2.75, 3.05) is 0 Å². The predicted molar refractivity (Wildman–Crippen MR) is 63.3 cm³/mol. The Bertz CT molecular complexity index is 263. The van der Waals surface area contributed by atoms with Crippen LogP contribution in [0, 0.1) is 0 Å². The minimum Gasteiger partial charge on any atom is -0.272 e. The van der Waals surface area contributed by atoms with Gasteiger partial charge in [-0.3, -0.25) is 9.63 Å². The van der Waals surface area contributed by atoms with Gasteiger partial charge in [0, 0.05) is 6.42 Å². The summed E-state index contributed by atoms with van der Waals surface area (Å²) in [4.78, 5) is 17.1. The number of thioether (sulfide) groups is 1. The molecule has 1 fully saturated rings. The molecule has 1 unspecified atom stereocenters. The molecule has 0 N–H and O–H groups in total. The summed E-state index contributed by atoms with van der Waals surface area (Å²) in [5.74, 6) is 0.0202. The largest absolute Gasteiger partial charge is 0.272 e. The van der Waals surface area contributed by atoms with Crippen LogP contribution in [0.3, 0.4) is 0 Å². The van der Waals surface area contributed by atoms with Crippen LogP contribution in [0.2, 0.25) is 0 Å². The maximum Gasteiger partial charge on any atom is 0.252 e. The summed E-state index contributed by atoms with van der Waals surface area (Å²) in [5.41, 5.74) is 0.785. The molecule has 0 spiro atoms. The summed E-state index contributed by atoms with van der Waals surface area (Å²) in [7, 11) is 0. The molecule has 86 valence electrons. The van der Waals surface area contributed by atoms with E-state index in [1.807, 2.05) is 13.8 Å². The Morgan fingerprint density at radius 1 is 1.47 bits per heavy atom. The summed E-state index contributed by atoms with van der Waals surface area (Å²) >= 11 is 1.76. The number of carbonyl (C=O) groups is 1. The Morgan fingerprint density at radius 3 is 2.53 bits per heavy atom. The fourth-order valence-corrected chi connectivity index (χ4v) is 2.59. The van der Waals surface area contributed by atoms with E-state index in [0.29, 0.717) is 11.7 Å². The molecule has 1 amide bonds. The van der Waals surface area contributed by atoms with Gasteiger partial charge in [-0.15, -0.1) is 11.8 Å². The Balaban J connectivity index is 2.62. The Labute approximate surface area is 95.8 Å². The van der Waals surface area contributed by atoms with Gasteiger partial charge < -0.3 is 0 Å². The van der Waals surface area contributed by atoms with Crippen LogP contribution in [0.5, 0.6) is 0 Å². The topological polar surface area (TPSA) is 29.5 Å². The first-order chi connectivity index (χ1) is 6.91. The highest BCUT2D eigenvalue weighted by atomic mass is 32.2. The van der Waals surface area contributed by atoms with Crippen molar-refractivity contribution < 1.29 is 9.63 Å². The number of hydroxylamine groups is 2. The fourth-order valence-electron chi connectivity index (χ4n) is 1.44. The molecule has 1 atom stereocenters. The van der Waals surface area contributed by atoms with E-state index in [4.69, 9.17) is 4.84 Å². The van der Waals surface area contributed by atoms with Gasteiger partial charge in [0.1, 0.15) is 0 Å². The lowest BCUT2D eigenvalue weighted by Gasteiger charge is -2.21. The molecule has 0 radical (unpaired) electrons. The van der Waals surface area contributed by atoms with Gasteiger partial charge in [-0.05, 0) is 19.1 Å². The Morgan fingerprint density at radius 2 is 2.07 bits per heavy atom. The second-order valence-corrected chi connectivity index (χ2v) is 6.00. The van der Waals surface area contributed by atoms with E-state index < -0.39 is 0 Å². The first kappa shape index (κ1) is 12.6. The Hall–Kier alpha value is -0.480. The standard InChI is InChI=1S/C11H19NO2S/c1-7(2)14-12-9(5)10(6-11(12)13)15-8(3)4/h7-8,10H,5-6H2,1-4H3. The first-order valence-electron chi connectivity index (χ1n) is 5.25. The maximum absolute atomic E-state index is 11.6. The average molecular weight is 229 g/mol. The van der Waals surface area contributed by atoms with Crippen LogP contribution in [0.25, 0.3) is 0 Å². The molecule has 1 aliphatic rings. The van der Waals surface area contributed by atoms with E-state index in [0.717, 1.165) is 5.70 Å². The van der Waals surface area contributed by atoms with E-state index in [9.17, 15) is 4.79 Å². The first-order valence-corrected chi connectivity index (χ1v) is 6.20. The monoisotopic (exact) mass is 229 g/mol. The SMILES string of the molecule is C=C1C(SC(C)C)CC(=O)N1OC(C)C. The van der Waals surface area contributed by atoms with E-state index in [-0.39, 0.29) is 17.3 Å². The molecule has 1 heterocycles. The normalized spacial score (nSPS) is 22.3. The summed E-state index contributed by atoms with van der Waals surface area (Å²) in [6, 6.07) is 0. The number of amides is 1. The lowest BCUT2D eigenvalue weighted by atomic mass is 10.3. The van der Waals surface area contributed by atoms with Gasteiger partial charge in [0.25, 0.3) is 5.91 Å². The van der Waals surface area contributed by atoms with Gasteiger partial charge in [0.2, 0.25) is 0 Å². The van der Waals surface area contributed by atoms with Crippen LogP contribution in [0.15, 0.2) is 12.3 Å². The van der Waals surface area contributed by atoms with Crippen molar-refractivity contribution in [1.29, 1.82) is 0 Å². The Kier molecular flexibility index (Phi) is 4.22. The van der Waals surface area contributed by atoms with E-state index in [1.54, 1.807) is 11.8 Å². The molecule has 1 rings (SSSR count). The molecule has 0 bridgehead atoms. The molecule has 0 aromatic heterocycles. The number of hydrogen-bond donors (Lipinski definition) is 0. The molecule has 4 heteroatoms. The highest BCUT2D eigenvalue weighted by Gasteiger charge is 2.35. The second kappa shape index (κ2) is 5.03. The molecule has 0 aromatic carbocycles. The van der Waals surface area contributed by atoms with Crippen molar-refractivity contribution in [2.45, 2.75) is 50.7 Å². The van der Waals surface area contributed by atoms with Crippen molar-refractivity contribution in [3.05, 3.63) is 12.3 Å². The van der Waals surface area contributed by atoms with E-state index >= 15 is 0 Å². The minimum atomic E-state index is 0.00787. The van der Waals surface area contributed by atoms with Crippen LogP contribution < -0.4 is 0 Å². The average Bonchev–Trinajstić information content (AvgIpc) is 2.31. The highest BCUT2D eigenvalue weighted by Crippen LogP contribution is 2.34. The van der Waals surface area contributed by atoms with Gasteiger partial charge in [0.15, 0.2) is 0 Å². The van der Waals surface area contributed by atoms with Gasteiger partial charge in [-0.25, -0.2) is 0 Å². The number of rotatable bonds is 4. The summed E-state index contributed by atoms with van der Waals surface area (Å²) in [5, 5.41) is 2.04. The summed E-state index contributed by atoms with van der Waals surface area (Å²) < 4.78 is 0. The van der Waals surface area contributed by atoms with Gasteiger partial charge in [-0.1, -0.05) is 20.4 Å². The molecule has 1 saturated heterocycles. The van der Waals surface area contributed by atoms with E-state index in [2.05, 4.69) is 20.4 Å². The summed E-state index contributed by atoms with van der Waals surface area (Å²) in [6.07, 6.45) is 0.516. The molecular formula is C11H19NO2S. The molecule has 0 aliphatic carbocycles. The lowest BCUT2D eigenvalue weighted by molar-refractivity contribution is -0.180. The molecule has 1 aliphatic heterocycles. The lowest BCUT2D eigenvalue weighted by Crippen LogP contribution is -2.27. The number of nitrogens with zero attached hydrogens (tertiary/aromatic N) is 1. The van der Waals surface area contributed by atoms with Crippen molar-refractivity contribution >= 4 is 17.7 Å². The number of carbonyl (C=O) groups excluding carboxylic acids is 1. The van der Waals surface area contributed by atoms with Crippen molar-refractivity contribution in [2.24, 2.45) is 0 Å². The van der Waals surface area contributed by atoms with Crippen molar-refractivity contribution in [1.82, 2.24) is 5.06 Å². The number of hydrogen-bond acceptors (Lipinski definition) is 3. The van der Waals surface area contributed by atoms with Gasteiger partial charge >= 0.3 is 0 Å². The third kappa shape index (κ3) is 3.24. The third-order valence-electron chi connectivity index (χ3n) is 1.97. The van der Waals surface area contributed by atoms with Crippen molar-refractivity contribution in [3.8, 4) is 0 Å². The zero-order chi connectivity index (χ0) is 11.6. The predicted octanol–water partition coefficient (Wildman–Crippen LogP) is 2.58. The molecule has 15 heavy (non-hydrogen) atoms. The molecule has 3 nitrogen and oxygen atoms in total. The van der Waals surface area contributed by atoms with Crippen LogP contribution in [0.4, 0.5) is 0 Å². The van der Waals surface area contributed by atoms with Gasteiger partial charge in [0.05, 0.1) is 17.1 Å². The fraction of sp³-hybridized carbons (Fsp3) is 0.727. The van der Waals surface area contributed by atoms with Crippen LogP contribution in [0.1, 0.15) is 34.1 Å². The zero-order valence-corrected chi connectivity index (χ0v) is 10.6. The van der Waals surface area contributed by atoms with Crippen LogP contribution in [-0.4, -0.2) is 27.6 Å². The highest BCUT2D eigenvalue weighted by molar-refractivity contribution is 8.00. The van der Waals surface area contributed by atoms with Gasteiger partial charge in [-0.2, -0.15) is 5.06 Å². The minimum absolute atomic E-state index is 0.00787. The van der Waals surface area contributed by atoms with Crippen molar-refractivity contribution in [3.63, 3.8) is 0 Å². The molecule has 0 saturated carbocycles. The summed E-state index contributed by atoms with van der Waals surface area (Å²) in [6.45, 7) is 12.0. The smallest absolute Gasteiger partial charge is 0.252 e. The zero-order valence-electron chi connectivity index (χ0n) is 9.82. The van der Waals surface area contributed by atoms with Crippen LogP contribution in [-0.2, 0) is 9.63 Å². The molecule has 0 aromatic rings. The second-order valence-electron chi connectivity index (χ2n) is 4.21. The molecular weight excluding hydrogens is 210 g/mol. The third-order valence-corrected chi connectivity index (χ3v) is 3.28.